The molecule has 0 aromatic carbocycles. The van der Waals surface area contributed by atoms with E-state index in [0.717, 1.165) is 0 Å². The van der Waals surface area contributed by atoms with Crippen LogP contribution in [0.5, 0.6) is 0 Å². The average molecular weight is 404 g/mol. The van der Waals surface area contributed by atoms with Crippen molar-refractivity contribution in [3.05, 3.63) is 55.8 Å². The molecule has 0 atom stereocenters. The molecule has 0 bridgehead atoms. The van der Waals surface area contributed by atoms with Crippen molar-refractivity contribution in [3.8, 4) is 0 Å². The molecule has 1 fully saturated rings. The third kappa shape index (κ3) is 4.30. The van der Waals surface area contributed by atoms with Crippen molar-refractivity contribution < 1.29 is 23.5 Å². The maximum absolute atomic E-state index is 12.3. The number of carbonyl (C=O) groups is 3. The quantitative estimate of drug-likeness (QED) is 0.716. The van der Waals surface area contributed by atoms with Gasteiger partial charge in [0.15, 0.2) is 6.61 Å². The van der Waals surface area contributed by atoms with Crippen molar-refractivity contribution in [2.24, 2.45) is 0 Å². The number of aryl methyl sites for hydroxylation is 2. The maximum atomic E-state index is 12.3. The molecule has 2 aromatic rings. The molecule has 2 aromatic heterocycles. The summed E-state index contributed by atoms with van der Waals surface area (Å²) in [6, 6.07) is 4.81. The Bertz CT molecular complexity index is 916. The first-order valence-corrected chi connectivity index (χ1v) is 9.64. The van der Waals surface area contributed by atoms with E-state index >= 15 is 0 Å². The number of rotatable bonds is 4. The molecule has 3 heterocycles. The molecule has 148 valence electrons. The van der Waals surface area contributed by atoms with Gasteiger partial charge in [-0.2, -0.15) is 0 Å². The molecule has 1 saturated heterocycles. The SMILES string of the molecule is Cc1cc(=O)oc(C)c1C(=O)OCC(=O)N1CCN(C(=O)c2cccs2)CC1. The standard InChI is InChI=1S/C19H20N2O6S/c1-12-10-16(23)27-13(2)17(12)19(25)26-11-15(22)20-5-7-21(8-6-20)18(24)14-4-3-9-28-14/h3-4,9-10H,5-8,11H2,1-2H3. The van der Waals surface area contributed by atoms with Crippen molar-refractivity contribution in [1.82, 2.24) is 9.80 Å². The van der Waals surface area contributed by atoms with Gasteiger partial charge in [0, 0.05) is 32.2 Å². The second-order valence-electron chi connectivity index (χ2n) is 6.41. The van der Waals surface area contributed by atoms with Gasteiger partial charge >= 0.3 is 11.6 Å². The van der Waals surface area contributed by atoms with E-state index in [9.17, 15) is 19.2 Å². The van der Waals surface area contributed by atoms with Crippen LogP contribution in [0.15, 0.2) is 32.8 Å². The van der Waals surface area contributed by atoms with Crippen molar-refractivity contribution >= 4 is 29.1 Å². The van der Waals surface area contributed by atoms with Crippen LogP contribution in [0.25, 0.3) is 0 Å². The number of thiophene rings is 1. The van der Waals surface area contributed by atoms with Crippen molar-refractivity contribution in [2.45, 2.75) is 13.8 Å². The summed E-state index contributed by atoms with van der Waals surface area (Å²) in [5.74, 6) is -0.920. The fraction of sp³-hybridized carbons (Fsp3) is 0.368. The lowest BCUT2D eigenvalue weighted by molar-refractivity contribution is -0.136. The van der Waals surface area contributed by atoms with Crippen molar-refractivity contribution in [3.63, 3.8) is 0 Å². The summed E-state index contributed by atoms with van der Waals surface area (Å²) in [7, 11) is 0. The van der Waals surface area contributed by atoms with Gasteiger partial charge in [0.1, 0.15) is 11.3 Å². The van der Waals surface area contributed by atoms with Crippen molar-refractivity contribution in [1.29, 1.82) is 0 Å². The van der Waals surface area contributed by atoms with Gasteiger partial charge in [0.05, 0.1) is 4.88 Å². The lowest BCUT2D eigenvalue weighted by Gasteiger charge is -2.34. The monoisotopic (exact) mass is 404 g/mol. The Labute approximate surface area is 165 Å². The first kappa shape index (κ1) is 19.8. The van der Waals surface area contributed by atoms with E-state index in [4.69, 9.17) is 9.15 Å². The average Bonchev–Trinajstić information content (AvgIpc) is 3.19. The summed E-state index contributed by atoms with van der Waals surface area (Å²) in [4.78, 5) is 52.2. The van der Waals surface area contributed by atoms with Gasteiger partial charge in [0.25, 0.3) is 11.8 Å². The summed E-state index contributed by atoms with van der Waals surface area (Å²) in [5, 5.41) is 1.85. The van der Waals surface area contributed by atoms with Crippen LogP contribution in [0.4, 0.5) is 0 Å². The van der Waals surface area contributed by atoms with E-state index in [1.54, 1.807) is 22.8 Å². The van der Waals surface area contributed by atoms with Crippen LogP contribution < -0.4 is 5.63 Å². The van der Waals surface area contributed by atoms with Crippen LogP contribution in [0.2, 0.25) is 0 Å². The van der Waals surface area contributed by atoms with Gasteiger partial charge in [-0.1, -0.05) is 6.07 Å². The Kier molecular flexibility index (Phi) is 5.93. The normalized spacial score (nSPS) is 14.1. The maximum Gasteiger partial charge on any atom is 0.342 e. The minimum atomic E-state index is -0.710. The first-order chi connectivity index (χ1) is 13.4. The van der Waals surface area contributed by atoms with E-state index in [1.807, 2.05) is 11.4 Å². The molecule has 0 unspecified atom stereocenters. The minimum Gasteiger partial charge on any atom is -0.452 e. The Morgan fingerprint density at radius 1 is 1.14 bits per heavy atom. The first-order valence-electron chi connectivity index (χ1n) is 8.76. The molecule has 0 aliphatic carbocycles. The molecule has 2 amide bonds. The third-order valence-electron chi connectivity index (χ3n) is 4.52. The number of nitrogens with zero attached hydrogens (tertiary/aromatic N) is 2. The molecular formula is C19H20N2O6S. The van der Waals surface area contributed by atoms with Crippen LogP contribution in [-0.4, -0.2) is 60.4 Å². The summed E-state index contributed by atoms with van der Waals surface area (Å²) in [5.41, 5.74) is 0.0447. The van der Waals surface area contributed by atoms with Crippen LogP contribution in [0.3, 0.4) is 0 Å². The molecule has 1 aliphatic rings. The van der Waals surface area contributed by atoms with Gasteiger partial charge in [-0.05, 0) is 30.9 Å². The van der Waals surface area contributed by atoms with E-state index in [2.05, 4.69) is 0 Å². The second-order valence-corrected chi connectivity index (χ2v) is 7.35. The van der Waals surface area contributed by atoms with Crippen LogP contribution in [-0.2, 0) is 9.53 Å². The fourth-order valence-electron chi connectivity index (χ4n) is 3.07. The molecular weight excluding hydrogens is 384 g/mol. The predicted molar refractivity (Wildman–Crippen MR) is 102 cm³/mol. The van der Waals surface area contributed by atoms with Crippen molar-refractivity contribution in [2.75, 3.05) is 32.8 Å². The predicted octanol–water partition coefficient (Wildman–Crippen LogP) is 1.46. The molecule has 0 saturated carbocycles. The largest absolute Gasteiger partial charge is 0.452 e. The highest BCUT2D eigenvalue weighted by atomic mass is 32.1. The Balaban J connectivity index is 1.52. The Morgan fingerprint density at radius 2 is 1.82 bits per heavy atom. The zero-order valence-electron chi connectivity index (χ0n) is 15.6. The molecule has 0 spiro atoms. The summed E-state index contributed by atoms with van der Waals surface area (Å²) >= 11 is 1.39. The number of piperazine rings is 1. The van der Waals surface area contributed by atoms with Gasteiger partial charge < -0.3 is 19.0 Å². The highest BCUT2D eigenvalue weighted by Crippen LogP contribution is 2.15. The molecule has 1 aliphatic heterocycles. The minimum absolute atomic E-state index is 0.0370. The zero-order chi connectivity index (χ0) is 20.3. The molecule has 9 heteroatoms. The lowest BCUT2D eigenvalue weighted by Crippen LogP contribution is -2.51. The number of esters is 1. The highest BCUT2D eigenvalue weighted by Gasteiger charge is 2.26. The smallest absolute Gasteiger partial charge is 0.342 e. The van der Waals surface area contributed by atoms with Gasteiger partial charge in [0.2, 0.25) is 0 Å². The van der Waals surface area contributed by atoms with Crippen LogP contribution in [0.1, 0.15) is 31.4 Å². The molecule has 3 rings (SSSR count). The van der Waals surface area contributed by atoms with Crippen LogP contribution >= 0.6 is 11.3 Å². The molecule has 0 radical (unpaired) electrons. The number of ether oxygens (including phenoxy) is 1. The van der Waals surface area contributed by atoms with E-state index in [-0.39, 0.29) is 23.1 Å². The molecule has 0 N–H and O–H groups in total. The lowest BCUT2D eigenvalue weighted by atomic mass is 10.1. The number of hydrogen-bond donors (Lipinski definition) is 0. The topological polar surface area (TPSA) is 97.1 Å². The van der Waals surface area contributed by atoms with E-state index in [1.165, 1.54) is 24.3 Å². The number of amides is 2. The number of carbonyl (C=O) groups excluding carboxylic acids is 3. The highest BCUT2D eigenvalue weighted by molar-refractivity contribution is 7.12. The van der Waals surface area contributed by atoms with E-state index < -0.39 is 18.2 Å². The summed E-state index contributed by atoms with van der Waals surface area (Å²) in [6.45, 7) is 4.31. The van der Waals surface area contributed by atoms with E-state index in [0.29, 0.717) is 36.6 Å². The third-order valence-corrected chi connectivity index (χ3v) is 5.37. The van der Waals surface area contributed by atoms with Gasteiger partial charge in [-0.15, -0.1) is 11.3 Å². The summed E-state index contributed by atoms with van der Waals surface area (Å²) in [6.07, 6.45) is 0. The van der Waals surface area contributed by atoms with Gasteiger partial charge in [-0.25, -0.2) is 9.59 Å². The second kappa shape index (κ2) is 8.39. The number of hydrogen-bond acceptors (Lipinski definition) is 7. The van der Waals surface area contributed by atoms with Gasteiger partial charge in [-0.3, -0.25) is 9.59 Å². The summed E-state index contributed by atoms with van der Waals surface area (Å²) < 4.78 is 10.0. The zero-order valence-corrected chi connectivity index (χ0v) is 16.4. The molecule has 28 heavy (non-hydrogen) atoms. The fourth-order valence-corrected chi connectivity index (χ4v) is 3.76. The molecule has 8 nitrogen and oxygen atoms in total. The Hall–Kier alpha value is -2.94. The van der Waals surface area contributed by atoms with Crippen LogP contribution in [0, 0.1) is 13.8 Å². The Morgan fingerprint density at radius 3 is 2.43 bits per heavy atom.